The number of thiophene rings is 1. The average molecular weight is 514 g/mol. The average Bonchev–Trinajstić information content (AvgIpc) is 3.21. The van der Waals surface area contributed by atoms with Crippen LogP contribution in [0.3, 0.4) is 0 Å². The van der Waals surface area contributed by atoms with E-state index in [2.05, 4.69) is 28.2 Å². The van der Waals surface area contributed by atoms with Crippen LogP contribution < -0.4 is 10.1 Å². The van der Waals surface area contributed by atoms with Gasteiger partial charge in [-0.3, -0.25) is 4.79 Å². The van der Waals surface area contributed by atoms with Crippen molar-refractivity contribution in [2.75, 3.05) is 18.5 Å². The summed E-state index contributed by atoms with van der Waals surface area (Å²) in [5.41, 5.74) is 2.83. The first kappa shape index (κ1) is 23.8. The van der Waals surface area contributed by atoms with Crippen LogP contribution >= 0.6 is 27.3 Å². The molecule has 5 nitrogen and oxygen atoms in total. The Morgan fingerprint density at radius 3 is 2.44 bits per heavy atom. The lowest BCUT2D eigenvalue weighted by molar-refractivity contribution is -0.111. The van der Waals surface area contributed by atoms with Crippen LogP contribution in [0.15, 0.2) is 64.5 Å². The SMILES string of the molecule is CCCOc1ccc(/C=C/C(=O)Nc2scc(-c3ccc(Br)cc3)c2C(=O)OCC)cc1. The minimum Gasteiger partial charge on any atom is -0.494 e. The number of hydrogen-bond donors (Lipinski definition) is 1. The third kappa shape index (κ3) is 6.31. The minimum atomic E-state index is -0.464. The molecule has 0 aliphatic rings. The molecular weight excluding hydrogens is 490 g/mol. The fourth-order valence-corrected chi connectivity index (χ4v) is 4.14. The zero-order valence-corrected chi connectivity index (χ0v) is 20.3. The van der Waals surface area contributed by atoms with Gasteiger partial charge in [0.05, 0.1) is 13.2 Å². The zero-order valence-electron chi connectivity index (χ0n) is 17.9. The van der Waals surface area contributed by atoms with Crippen molar-refractivity contribution < 1.29 is 19.1 Å². The van der Waals surface area contributed by atoms with Crippen LogP contribution in [0, 0.1) is 0 Å². The molecule has 0 spiro atoms. The summed E-state index contributed by atoms with van der Waals surface area (Å²) >= 11 is 4.71. The van der Waals surface area contributed by atoms with Gasteiger partial charge in [0, 0.05) is 21.5 Å². The first-order valence-electron chi connectivity index (χ1n) is 10.3. The second-order valence-corrected chi connectivity index (χ2v) is 8.62. The molecule has 3 aromatic rings. The molecule has 1 amide bonds. The van der Waals surface area contributed by atoms with Gasteiger partial charge in [-0.1, -0.05) is 47.1 Å². The Bertz CT molecular complexity index is 1090. The Hall–Kier alpha value is -2.90. The van der Waals surface area contributed by atoms with Crippen LogP contribution in [-0.2, 0) is 9.53 Å². The van der Waals surface area contributed by atoms with E-state index < -0.39 is 5.97 Å². The molecule has 2 aromatic carbocycles. The van der Waals surface area contributed by atoms with E-state index in [4.69, 9.17) is 9.47 Å². The molecule has 0 aliphatic heterocycles. The summed E-state index contributed by atoms with van der Waals surface area (Å²) in [6.07, 6.45) is 4.10. The largest absolute Gasteiger partial charge is 0.494 e. The highest BCUT2D eigenvalue weighted by Crippen LogP contribution is 2.36. The van der Waals surface area contributed by atoms with Gasteiger partial charge in [0.15, 0.2) is 0 Å². The number of esters is 1. The van der Waals surface area contributed by atoms with Crippen molar-refractivity contribution in [2.24, 2.45) is 0 Å². The standard InChI is InChI=1S/C25H24BrNO4S/c1-3-15-31-20-12-5-17(6-13-20)7-14-22(28)27-24-23(25(29)30-4-2)21(16-32-24)18-8-10-19(26)11-9-18/h5-14,16H,3-4,15H2,1-2H3,(H,27,28)/b14-7+. The number of carbonyl (C=O) groups is 2. The van der Waals surface area contributed by atoms with Crippen LogP contribution in [0.25, 0.3) is 17.2 Å². The van der Waals surface area contributed by atoms with Crippen LogP contribution in [-0.4, -0.2) is 25.1 Å². The van der Waals surface area contributed by atoms with Gasteiger partial charge >= 0.3 is 5.97 Å². The number of rotatable bonds is 9. The van der Waals surface area contributed by atoms with Gasteiger partial charge in [-0.15, -0.1) is 11.3 Å². The summed E-state index contributed by atoms with van der Waals surface area (Å²) in [6, 6.07) is 15.1. The number of carbonyl (C=O) groups excluding carboxylic acids is 2. The Kier molecular flexibility index (Phi) is 8.64. The number of hydrogen-bond acceptors (Lipinski definition) is 5. The summed E-state index contributed by atoms with van der Waals surface area (Å²) < 4.78 is 11.7. The van der Waals surface area contributed by atoms with E-state index >= 15 is 0 Å². The smallest absolute Gasteiger partial charge is 0.341 e. The zero-order chi connectivity index (χ0) is 22.9. The number of nitrogens with one attached hydrogen (secondary N) is 1. The molecule has 0 saturated carbocycles. The maximum absolute atomic E-state index is 12.6. The maximum Gasteiger partial charge on any atom is 0.341 e. The van der Waals surface area contributed by atoms with Crippen LogP contribution in [0.4, 0.5) is 5.00 Å². The predicted molar refractivity (Wildman–Crippen MR) is 133 cm³/mol. The molecule has 0 fully saturated rings. The predicted octanol–water partition coefficient (Wildman–Crippen LogP) is 6.80. The van der Waals surface area contributed by atoms with E-state index in [1.807, 2.05) is 53.9 Å². The summed E-state index contributed by atoms with van der Waals surface area (Å²) in [6.45, 7) is 4.73. The highest BCUT2D eigenvalue weighted by Gasteiger charge is 2.22. The van der Waals surface area contributed by atoms with E-state index in [0.717, 1.165) is 33.3 Å². The van der Waals surface area contributed by atoms with Crippen molar-refractivity contribution in [1.82, 2.24) is 0 Å². The summed E-state index contributed by atoms with van der Waals surface area (Å²) in [5, 5.41) is 5.13. The van der Waals surface area contributed by atoms with Crippen LogP contribution in [0.1, 0.15) is 36.2 Å². The van der Waals surface area contributed by atoms with E-state index in [1.165, 1.54) is 17.4 Å². The summed E-state index contributed by atoms with van der Waals surface area (Å²) in [5.74, 6) is 0.00580. The molecule has 1 heterocycles. The van der Waals surface area contributed by atoms with Gasteiger partial charge in [-0.25, -0.2) is 4.79 Å². The van der Waals surface area contributed by atoms with Gasteiger partial charge in [-0.05, 0) is 54.8 Å². The Balaban J connectivity index is 1.77. The molecule has 32 heavy (non-hydrogen) atoms. The minimum absolute atomic E-state index is 0.250. The molecule has 1 aromatic heterocycles. The normalized spacial score (nSPS) is 10.8. The van der Waals surface area contributed by atoms with E-state index in [9.17, 15) is 9.59 Å². The van der Waals surface area contributed by atoms with Crippen molar-refractivity contribution in [2.45, 2.75) is 20.3 Å². The van der Waals surface area contributed by atoms with Crippen LogP contribution in [0.5, 0.6) is 5.75 Å². The fourth-order valence-electron chi connectivity index (χ4n) is 2.92. The highest BCUT2D eigenvalue weighted by atomic mass is 79.9. The van der Waals surface area contributed by atoms with Crippen molar-refractivity contribution in [3.8, 4) is 16.9 Å². The lowest BCUT2D eigenvalue weighted by Gasteiger charge is -2.08. The number of halogens is 1. The van der Waals surface area contributed by atoms with Gasteiger partial charge < -0.3 is 14.8 Å². The van der Waals surface area contributed by atoms with Crippen molar-refractivity contribution >= 4 is 50.2 Å². The number of anilines is 1. The monoisotopic (exact) mass is 513 g/mol. The number of amides is 1. The molecule has 0 radical (unpaired) electrons. The Morgan fingerprint density at radius 1 is 1.06 bits per heavy atom. The fraction of sp³-hybridized carbons (Fsp3) is 0.200. The lowest BCUT2D eigenvalue weighted by Crippen LogP contribution is -2.12. The van der Waals surface area contributed by atoms with Crippen molar-refractivity contribution in [3.05, 3.63) is 75.6 Å². The number of ether oxygens (including phenoxy) is 2. The second kappa shape index (κ2) is 11.6. The van der Waals surface area contributed by atoms with Gasteiger partial charge in [-0.2, -0.15) is 0 Å². The molecule has 0 saturated heterocycles. The third-order valence-corrected chi connectivity index (χ3v) is 5.87. The molecular formula is C25H24BrNO4S. The van der Waals surface area contributed by atoms with Gasteiger partial charge in [0.2, 0.25) is 5.91 Å². The van der Waals surface area contributed by atoms with Crippen molar-refractivity contribution in [1.29, 1.82) is 0 Å². The Morgan fingerprint density at radius 2 is 1.78 bits per heavy atom. The number of benzene rings is 2. The molecule has 0 unspecified atom stereocenters. The Labute approximate surface area is 200 Å². The molecule has 166 valence electrons. The molecule has 0 atom stereocenters. The topological polar surface area (TPSA) is 64.6 Å². The molecule has 1 N–H and O–H groups in total. The van der Waals surface area contributed by atoms with E-state index in [1.54, 1.807) is 13.0 Å². The molecule has 7 heteroatoms. The van der Waals surface area contributed by atoms with Gasteiger partial charge in [0.1, 0.15) is 16.3 Å². The summed E-state index contributed by atoms with van der Waals surface area (Å²) in [7, 11) is 0. The van der Waals surface area contributed by atoms with E-state index in [0.29, 0.717) is 17.2 Å². The molecule has 0 bridgehead atoms. The lowest BCUT2D eigenvalue weighted by atomic mass is 10.0. The second-order valence-electron chi connectivity index (χ2n) is 6.82. The molecule has 0 aliphatic carbocycles. The van der Waals surface area contributed by atoms with Crippen LogP contribution in [0.2, 0.25) is 0 Å². The quantitative estimate of drug-likeness (QED) is 0.252. The first-order valence-corrected chi connectivity index (χ1v) is 12.0. The van der Waals surface area contributed by atoms with Gasteiger partial charge in [0.25, 0.3) is 0 Å². The maximum atomic E-state index is 12.6. The molecule has 3 rings (SSSR count). The highest BCUT2D eigenvalue weighted by molar-refractivity contribution is 9.10. The van der Waals surface area contributed by atoms with E-state index in [-0.39, 0.29) is 12.5 Å². The third-order valence-electron chi connectivity index (χ3n) is 4.44. The van der Waals surface area contributed by atoms with Crippen molar-refractivity contribution in [3.63, 3.8) is 0 Å². The first-order chi connectivity index (χ1) is 15.5. The summed E-state index contributed by atoms with van der Waals surface area (Å²) in [4.78, 5) is 25.2.